The maximum absolute atomic E-state index is 13.1. The number of aliphatic carboxylic acids is 2. The van der Waals surface area contributed by atoms with E-state index in [1.807, 2.05) is 0 Å². The molecule has 13 nitrogen and oxygen atoms in total. The molecule has 1 aromatic heterocycles. The minimum absolute atomic E-state index is 0.0330. The molecule has 1 aliphatic heterocycles. The number of likely N-dealkylation sites (tertiary alicyclic amines) is 1. The highest BCUT2D eigenvalue weighted by Gasteiger charge is 2.38. The molecule has 13 heteroatoms. The monoisotopic (exact) mass is 514 g/mol. The van der Waals surface area contributed by atoms with Crippen LogP contribution in [0.15, 0.2) is 42.9 Å². The Hall–Kier alpha value is -4.26. The second kappa shape index (κ2) is 12.6. The second-order valence-corrected chi connectivity index (χ2v) is 8.83. The van der Waals surface area contributed by atoms with Gasteiger partial charge in [0.05, 0.1) is 18.8 Å². The van der Waals surface area contributed by atoms with Crippen molar-refractivity contribution in [2.75, 3.05) is 6.54 Å². The van der Waals surface area contributed by atoms with Crippen molar-refractivity contribution in [3.63, 3.8) is 0 Å². The first-order valence-corrected chi connectivity index (χ1v) is 11.8. The first-order valence-electron chi connectivity index (χ1n) is 11.8. The molecule has 1 saturated heterocycles. The number of nitrogens with zero attached hydrogens (tertiary/aromatic N) is 2. The Labute approximate surface area is 212 Å². The average Bonchev–Trinajstić information content (AvgIpc) is 3.55. The summed E-state index contributed by atoms with van der Waals surface area (Å²) in [4.78, 5) is 70.0. The van der Waals surface area contributed by atoms with E-state index in [2.05, 4.69) is 20.6 Å². The van der Waals surface area contributed by atoms with Gasteiger partial charge >= 0.3 is 11.9 Å². The Morgan fingerprint density at radius 2 is 1.81 bits per heavy atom. The lowest BCUT2D eigenvalue weighted by atomic mass is 10.0. The van der Waals surface area contributed by atoms with Crippen LogP contribution in [0.5, 0.6) is 0 Å². The zero-order valence-corrected chi connectivity index (χ0v) is 20.0. The Balaban J connectivity index is 1.66. The number of hydrogen-bond donors (Lipinski definition) is 6. The van der Waals surface area contributed by atoms with Crippen LogP contribution in [0.4, 0.5) is 0 Å². The number of aromatic amines is 1. The number of carboxylic acids is 2. The molecule has 198 valence electrons. The van der Waals surface area contributed by atoms with Gasteiger partial charge in [0, 0.05) is 31.3 Å². The summed E-state index contributed by atoms with van der Waals surface area (Å²) in [5.74, 6) is -4.80. The normalized spacial score (nSPS) is 17.4. The molecule has 3 amide bonds. The van der Waals surface area contributed by atoms with Crippen LogP contribution in [-0.4, -0.2) is 85.5 Å². The third kappa shape index (κ3) is 7.61. The average molecular weight is 515 g/mol. The quantitative estimate of drug-likeness (QED) is 0.206. The molecule has 7 N–H and O–H groups in total. The van der Waals surface area contributed by atoms with Gasteiger partial charge in [0.15, 0.2) is 0 Å². The third-order valence-corrected chi connectivity index (χ3v) is 6.06. The summed E-state index contributed by atoms with van der Waals surface area (Å²) in [5, 5.41) is 23.6. The minimum Gasteiger partial charge on any atom is -0.481 e. The van der Waals surface area contributed by atoms with E-state index >= 15 is 0 Å². The number of benzene rings is 1. The van der Waals surface area contributed by atoms with Crippen molar-refractivity contribution in [1.29, 1.82) is 0 Å². The smallest absolute Gasteiger partial charge is 0.326 e. The van der Waals surface area contributed by atoms with Crippen LogP contribution in [-0.2, 0) is 36.8 Å². The largest absolute Gasteiger partial charge is 0.481 e. The Morgan fingerprint density at radius 3 is 2.43 bits per heavy atom. The van der Waals surface area contributed by atoms with Gasteiger partial charge in [-0.3, -0.25) is 19.2 Å². The summed E-state index contributed by atoms with van der Waals surface area (Å²) >= 11 is 0. The molecule has 2 heterocycles. The minimum atomic E-state index is -1.54. The standard InChI is InChI=1S/C24H30N6O7/c25-16(10-15-12-26-13-27-15)23(35)30-8-4-7-19(30)22(34)28-17(11-20(31)32)21(33)29-18(24(36)37)9-14-5-2-1-3-6-14/h1-3,5-6,12-13,16-19H,4,7-11,25H2,(H,26,27)(H,28,34)(H,29,33)(H,31,32)(H,36,37). The summed E-state index contributed by atoms with van der Waals surface area (Å²) in [5.41, 5.74) is 7.35. The Kier molecular flexibility index (Phi) is 9.33. The van der Waals surface area contributed by atoms with Crippen molar-refractivity contribution in [1.82, 2.24) is 25.5 Å². The van der Waals surface area contributed by atoms with Gasteiger partial charge in [-0.2, -0.15) is 0 Å². The number of imidazole rings is 1. The SMILES string of the molecule is NC(Cc1cnc[nH]1)C(=O)N1CCCC1C(=O)NC(CC(=O)O)C(=O)NC(Cc1ccccc1)C(=O)O. The molecule has 3 rings (SSSR count). The van der Waals surface area contributed by atoms with Gasteiger partial charge in [-0.05, 0) is 18.4 Å². The van der Waals surface area contributed by atoms with Crippen molar-refractivity contribution < 1.29 is 34.2 Å². The van der Waals surface area contributed by atoms with Crippen LogP contribution in [0.1, 0.15) is 30.5 Å². The predicted molar refractivity (Wildman–Crippen MR) is 129 cm³/mol. The van der Waals surface area contributed by atoms with Crippen molar-refractivity contribution in [2.45, 2.75) is 56.3 Å². The number of hydrogen-bond acceptors (Lipinski definition) is 7. The zero-order chi connectivity index (χ0) is 26.9. The fourth-order valence-electron chi connectivity index (χ4n) is 4.21. The fourth-order valence-corrected chi connectivity index (χ4v) is 4.21. The summed E-state index contributed by atoms with van der Waals surface area (Å²) < 4.78 is 0. The van der Waals surface area contributed by atoms with Crippen LogP contribution in [0.2, 0.25) is 0 Å². The van der Waals surface area contributed by atoms with E-state index in [0.717, 1.165) is 0 Å². The number of nitrogens with one attached hydrogen (secondary N) is 3. The number of carbonyl (C=O) groups excluding carboxylic acids is 3. The molecule has 1 fully saturated rings. The number of carboxylic acid groups (broad SMARTS) is 2. The fraction of sp³-hybridized carbons (Fsp3) is 0.417. The maximum atomic E-state index is 13.1. The second-order valence-electron chi connectivity index (χ2n) is 8.83. The van der Waals surface area contributed by atoms with Gasteiger partial charge in [-0.1, -0.05) is 30.3 Å². The number of rotatable bonds is 12. The molecule has 2 aromatic rings. The lowest BCUT2D eigenvalue weighted by Gasteiger charge is -2.28. The third-order valence-electron chi connectivity index (χ3n) is 6.06. The molecule has 1 aromatic carbocycles. The predicted octanol–water partition coefficient (Wildman–Crippen LogP) is -0.958. The van der Waals surface area contributed by atoms with Gasteiger partial charge in [-0.15, -0.1) is 0 Å². The number of H-pyrrole nitrogens is 1. The lowest BCUT2D eigenvalue weighted by Crippen LogP contribution is -2.57. The molecule has 0 radical (unpaired) electrons. The number of carbonyl (C=O) groups is 5. The number of aromatic nitrogens is 2. The van der Waals surface area contributed by atoms with E-state index in [1.54, 1.807) is 36.5 Å². The van der Waals surface area contributed by atoms with Crippen molar-refractivity contribution in [3.8, 4) is 0 Å². The van der Waals surface area contributed by atoms with Crippen LogP contribution in [0.25, 0.3) is 0 Å². The topological polar surface area (TPSA) is 208 Å². The van der Waals surface area contributed by atoms with Gasteiger partial charge in [-0.25, -0.2) is 9.78 Å². The summed E-state index contributed by atoms with van der Waals surface area (Å²) in [7, 11) is 0. The summed E-state index contributed by atoms with van der Waals surface area (Å²) in [6.45, 7) is 0.279. The number of nitrogens with two attached hydrogens (primary N) is 1. The van der Waals surface area contributed by atoms with Crippen LogP contribution in [0, 0.1) is 0 Å². The van der Waals surface area contributed by atoms with Gasteiger partial charge in [0.2, 0.25) is 17.7 Å². The maximum Gasteiger partial charge on any atom is 0.326 e. The van der Waals surface area contributed by atoms with E-state index in [9.17, 15) is 34.2 Å². The highest BCUT2D eigenvalue weighted by molar-refractivity contribution is 5.96. The van der Waals surface area contributed by atoms with E-state index in [-0.39, 0.29) is 19.4 Å². The molecule has 4 unspecified atom stereocenters. The summed E-state index contributed by atoms with van der Waals surface area (Å²) in [6.07, 6.45) is 3.21. The van der Waals surface area contributed by atoms with Crippen molar-refractivity contribution >= 4 is 29.7 Å². The van der Waals surface area contributed by atoms with Crippen LogP contribution < -0.4 is 16.4 Å². The molecule has 0 aliphatic carbocycles. The van der Waals surface area contributed by atoms with Gasteiger partial charge in [0.25, 0.3) is 0 Å². The molecule has 0 saturated carbocycles. The molecule has 37 heavy (non-hydrogen) atoms. The van der Waals surface area contributed by atoms with E-state index in [1.165, 1.54) is 11.2 Å². The van der Waals surface area contributed by atoms with Crippen LogP contribution >= 0.6 is 0 Å². The number of amides is 3. The molecule has 0 bridgehead atoms. The highest BCUT2D eigenvalue weighted by atomic mass is 16.4. The first kappa shape index (κ1) is 27.3. The van der Waals surface area contributed by atoms with Gasteiger partial charge < -0.3 is 36.5 Å². The van der Waals surface area contributed by atoms with Gasteiger partial charge in [0.1, 0.15) is 18.1 Å². The van der Waals surface area contributed by atoms with Crippen LogP contribution in [0.3, 0.4) is 0 Å². The lowest BCUT2D eigenvalue weighted by molar-refractivity contribution is -0.144. The summed E-state index contributed by atoms with van der Waals surface area (Å²) in [6, 6.07) is 3.84. The van der Waals surface area contributed by atoms with E-state index in [0.29, 0.717) is 24.1 Å². The Morgan fingerprint density at radius 1 is 1.08 bits per heavy atom. The molecule has 1 aliphatic rings. The van der Waals surface area contributed by atoms with Crippen molar-refractivity contribution in [2.24, 2.45) is 5.73 Å². The van der Waals surface area contributed by atoms with E-state index < -0.39 is 60.2 Å². The molecular formula is C24H30N6O7. The first-order chi connectivity index (χ1) is 17.7. The molecule has 4 atom stereocenters. The molecule has 0 spiro atoms. The Bertz CT molecular complexity index is 1110. The molecular weight excluding hydrogens is 484 g/mol. The highest BCUT2D eigenvalue weighted by Crippen LogP contribution is 2.19. The zero-order valence-electron chi connectivity index (χ0n) is 20.0. The van der Waals surface area contributed by atoms with Crippen molar-refractivity contribution in [3.05, 3.63) is 54.1 Å². The van der Waals surface area contributed by atoms with E-state index in [4.69, 9.17) is 5.73 Å².